The van der Waals surface area contributed by atoms with Gasteiger partial charge in [-0.2, -0.15) is 5.26 Å². The summed E-state index contributed by atoms with van der Waals surface area (Å²) in [5.41, 5.74) is 6.72. The minimum absolute atomic E-state index is 0.139. The van der Waals surface area contributed by atoms with E-state index in [1.54, 1.807) is 42.5 Å². The lowest BCUT2D eigenvalue weighted by Crippen LogP contribution is -2.35. The van der Waals surface area contributed by atoms with Gasteiger partial charge in [-0.3, -0.25) is 9.69 Å². The fraction of sp³-hybridized carbons (Fsp3) is 0.118. The number of para-hydroxylation sites is 1. The summed E-state index contributed by atoms with van der Waals surface area (Å²) in [6.07, 6.45) is 0. The first-order chi connectivity index (χ1) is 11.5. The molecular weight excluding hydrogens is 374 g/mol. The number of anilines is 2. The third kappa shape index (κ3) is 4.33. The lowest BCUT2D eigenvalue weighted by molar-refractivity contribution is -0.121. The summed E-state index contributed by atoms with van der Waals surface area (Å²) in [6.45, 7) is -0.624. The van der Waals surface area contributed by atoms with E-state index in [-0.39, 0.29) is 17.8 Å². The molecule has 0 saturated carbocycles. The van der Waals surface area contributed by atoms with Crippen molar-refractivity contribution in [3.63, 3.8) is 0 Å². The predicted molar refractivity (Wildman–Crippen MR) is 93.2 cm³/mol. The fourth-order valence-corrected chi connectivity index (χ4v) is 2.35. The number of nitrogens with two attached hydrogens (primary N) is 1. The van der Waals surface area contributed by atoms with Crippen molar-refractivity contribution in [2.75, 3.05) is 23.8 Å². The van der Waals surface area contributed by atoms with Crippen LogP contribution in [0.15, 0.2) is 53.0 Å². The Kier molecular flexibility index (Phi) is 5.93. The maximum Gasteiger partial charge on any atom is 0.340 e. The molecule has 0 spiro atoms. The molecule has 6 nitrogen and oxygen atoms in total. The van der Waals surface area contributed by atoms with Crippen LogP contribution < -0.4 is 10.6 Å². The first-order valence-electron chi connectivity index (χ1n) is 6.97. The highest BCUT2D eigenvalue weighted by molar-refractivity contribution is 9.10. The first kappa shape index (κ1) is 17.5. The van der Waals surface area contributed by atoms with Crippen LogP contribution in [0.2, 0.25) is 0 Å². The molecule has 0 aromatic heterocycles. The monoisotopic (exact) mass is 387 g/mol. The number of hydrogen-bond donors (Lipinski definition) is 1. The highest BCUT2D eigenvalue weighted by atomic mass is 79.9. The van der Waals surface area contributed by atoms with Crippen LogP contribution in [0.25, 0.3) is 0 Å². The standard InChI is InChI=1S/C17H14BrN3O3/c18-12-6-7-15(20)14(10-12)17(23)24-11-16(22)21(9-8-19)13-4-2-1-3-5-13/h1-7,10H,9,11,20H2. The van der Waals surface area contributed by atoms with Crippen LogP contribution in [0.3, 0.4) is 0 Å². The largest absolute Gasteiger partial charge is 0.452 e. The second kappa shape index (κ2) is 8.13. The summed E-state index contributed by atoms with van der Waals surface area (Å²) in [5.74, 6) is -1.20. The molecule has 2 aromatic rings. The normalized spacial score (nSPS) is 9.83. The molecule has 2 aromatic carbocycles. The van der Waals surface area contributed by atoms with Crippen molar-refractivity contribution < 1.29 is 14.3 Å². The molecular formula is C17H14BrN3O3. The Morgan fingerprint density at radius 2 is 1.92 bits per heavy atom. The number of carbonyl (C=O) groups excluding carboxylic acids is 2. The molecule has 0 unspecified atom stereocenters. The quantitative estimate of drug-likeness (QED) is 0.483. The van der Waals surface area contributed by atoms with E-state index in [0.717, 1.165) is 0 Å². The summed E-state index contributed by atoms with van der Waals surface area (Å²) in [4.78, 5) is 25.6. The zero-order valence-electron chi connectivity index (χ0n) is 12.6. The highest BCUT2D eigenvalue weighted by Gasteiger charge is 2.19. The van der Waals surface area contributed by atoms with E-state index >= 15 is 0 Å². The number of halogens is 1. The van der Waals surface area contributed by atoms with E-state index < -0.39 is 18.5 Å². The minimum atomic E-state index is -0.702. The lowest BCUT2D eigenvalue weighted by atomic mass is 10.2. The number of ether oxygens (including phenoxy) is 1. The molecule has 7 heteroatoms. The molecule has 0 aliphatic carbocycles. The van der Waals surface area contributed by atoms with Crippen molar-refractivity contribution in [1.82, 2.24) is 0 Å². The maximum absolute atomic E-state index is 12.3. The van der Waals surface area contributed by atoms with E-state index in [0.29, 0.717) is 10.2 Å². The zero-order chi connectivity index (χ0) is 17.5. The second-order valence-electron chi connectivity index (χ2n) is 4.78. The van der Waals surface area contributed by atoms with Gasteiger partial charge in [-0.25, -0.2) is 4.79 Å². The van der Waals surface area contributed by atoms with Gasteiger partial charge in [0.1, 0.15) is 6.54 Å². The van der Waals surface area contributed by atoms with E-state index in [1.165, 1.54) is 11.0 Å². The molecule has 0 aliphatic heterocycles. The van der Waals surface area contributed by atoms with Gasteiger partial charge in [-0.15, -0.1) is 0 Å². The molecule has 0 bridgehead atoms. The second-order valence-corrected chi connectivity index (χ2v) is 5.70. The van der Waals surface area contributed by atoms with Crippen molar-refractivity contribution in [2.45, 2.75) is 0 Å². The van der Waals surface area contributed by atoms with Gasteiger partial charge in [0.05, 0.1) is 11.6 Å². The SMILES string of the molecule is N#CCN(C(=O)COC(=O)c1cc(Br)ccc1N)c1ccccc1. The van der Waals surface area contributed by atoms with Crippen LogP contribution in [0.5, 0.6) is 0 Å². The summed E-state index contributed by atoms with van der Waals surface area (Å²) < 4.78 is 5.71. The first-order valence-corrected chi connectivity index (χ1v) is 7.76. The van der Waals surface area contributed by atoms with Gasteiger partial charge in [0, 0.05) is 15.8 Å². The van der Waals surface area contributed by atoms with Gasteiger partial charge in [0.15, 0.2) is 6.61 Å². The molecule has 2 rings (SSSR count). The van der Waals surface area contributed by atoms with Crippen molar-refractivity contribution in [3.8, 4) is 6.07 Å². The Bertz CT molecular complexity index is 787. The minimum Gasteiger partial charge on any atom is -0.452 e. The molecule has 122 valence electrons. The molecule has 0 atom stereocenters. The van der Waals surface area contributed by atoms with E-state index in [9.17, 15) is 9.59 Å². The number of nitrogen functional groups attached to an aromatic ring is 1. The molecule has 2 N–H and O–H groups in total. The van der Waals surface area contributed by atoms with Crippen molar-refractivity contribution in [2.24, 2.45) is 0 Å². The topological polar surface area (TPSA) is 96.4 Å². The van der Waals surface area contributed by atoms with Gasteiger partial charge in [0.2, 0.25) is 0 Å². The van der Waals surface area contributed by atoms with Crippen LogP contribution in [0.4, 0.5) is 11.4 Å². The molecule has 1 amide bonds. The lowest BCUT2D eigenvalue weighted by Gasteiger charge is -2.19. The predicted octanol–water partition coefficient (Wildman–Crippen LogP) is 2.74. The van der Waals surface area contributed by atoms with Gasteiger partial charge < -0.3 is 10.5 Å². The van der Waals surface area contributed by atoms with Crippen molar-refractivity contribution >= 4 is 39.2 Å². The van der Waals surface area contributed by atoms with Gasteiger partial charge in [-0.05, 0) is 30.3 Å². The van der Waals surface area contributed by atoms with Gasteiger partial charge in [0.25, 0.3) is 5.91 Å². The van der Waals surface area contributed by atoms with Crippen LogP contribution in [-0.2, 0) is 9.53 Å². The fourth-order valence-electron chi connectivity index (χ4n) is 1.99. The number of nitriles is 1. The van der Waals surface area contributed by atoms with Crippen LogP contribution in [0, 0.1) is 11.3 Å². The Labute approximate surface area is 147 Å². The number of amides is 1. The molecule has 24 heavy (non-hydrogen) atoms. The average molecular weight is 388 g/mol. The number of nitrogens with zero attached hydrogens (tertiary/aromatic N) is 2. The third-order valence-corrected chi connectivity index (χ3v) is 3.65. The molecule has 0 aliphatic rings. The van der Waals surface area contributed by atoms with Gasteiger partial charge >= 0.3 is 5.97 Å². The van der Waals surface area contributed by atoms with Crippen molar-refractivity contribution in [3.05, 3.63) is 58.6 Å². The Morgan fingerprint density at radius 1 is 1.21 bits per heavy atom. The number of benzene rings is 2. The number of carbonyl (C=O) groups is 2. The van der Waals surface area contributed by atoms with Crippen LogP contribution in [0.1, 0.15) is 10.4 Å². The van der Waals surface area contributed by atoms with E-state index in [2.05, 4.69) is 15.9 Å². The number of rotatable bonds is 5. The average Bonchev–Trinajstić information content (AvgIpc) is 2.60. The summed E-state index contributed by atoms with van der Waals surface area (Å²) >= 11 is 3.24. The van der Waals surface area contributed by atoms with Gasteiger partial charge in [-0.1, -0.05) is 34.1 Å². The number of hydrogen-bond acceptors (Lipinski definition) is 5. The Balaban J connectivity index is 2.07. The maximum atomic E-state index is 12.3. The molecule has 0 fully saturated rings. The number of esters is 1. The van der Waals surface area contributed by atoms with Crippen LogP contribution >= 0.6 is 15.9 Å². The Hall–Kier alpha value is -2.85. The highest BCUT2D eigenvalue weighted by Crippen LogP contribution is 2.19. The van der Waals surface area contributed by atoms with E-state index in [1.807, 2.05) is 6.07 Å². The van der Waals surface area contributed by atoms with E-state index in [4.69, 9.17) is 15.7 Å². The smallest absolute Gasteiger partial charge is 0.340 e. The molecule has 0 heterocycles. The van der Waals surface area contributed by atoms with Crippen LogP contribution in [-0.4, -0.2) is 25.0 Å². The summed E-state index contributed by atoms with van der Waals surface area (Å²) in [5, 5.41) is 8.90. The summed E-state index contributed by atoms with van der Waals surface area (Å²) in [6, 6.07) is 15.4. The third-order valence-electron chi connectivity index (χ3n) is 3.16. The molecule has 0 radical (unpaired) electrons. The van der Waals surface area contributed by atoms with Crippen molar-refractivity contribution in [1.29, 1.82) is 5.26 Å². The summed E-state index contributed by atoms with van der Waals surface area (Å²) in [7, 11) is 0. The molecule has 0 saturated heterocycles. The Morgan fingerprint density at radius 3 is 2.58 bits per heavy atom. The zero-order valence-corrected chi connectivity index (χ0v) is 14.2.